The lowest BCUT2D eigenvalue weighted by molar-refractivity contribution is 0.0698. The van der Waals surface area contributed by atoms with Crippen LogP contribution in [0.3, 0.4) is 0 Å². The largest absolute Gasteiger partial charge is 0.337 e. The number of halogens is 2. The van der Waals surface area contributed by atoms with E-state index in [0.29, 0.717) is 19.4 Å². The molecule has 0 bridgehead atoms. The van der Waals surface area contributed by atoms with E-state index in [1.54, 1.807) is 0 Å². The van der Waals surface area contributed by atoms with Crippen LogP contribution in [-0.4, -0.2) is 44.6 Å². The van der Waals surface area contributed by atoms with E-state index < -0.39 is 21.7 Å². The topological polar surface area (TPSA) is 66.5 Å². The van der Waals surface area contributed by atoms with E-state index in [9.17, 15) is 17.6 Å². The molecule has 8 heteroatoms. The fourth-order valence-electron chi connectivity index (χ4n) is 2.39. The molecule has 0 spiro atoms. The Morgan fingerprint density at radius 2 is 2.19 bits per heavy atom. The second-order valence-electron chi connectivity index (χ2n) is 5.10. The van der Waals surface area contributed by atoms with Crippen molar-refractivity contribution in [2.24, 2.45) is 0 Å². The Kier molecular flexibility index (Phi) is 4.85. The van der Waals surface area contributed by atoms with Gasteiger partial charge in [0.25, 0.3) is 5.91 Å². The SMILES string of the molecule is CS(=O)(=O)N[C@H]1CCCN(C(=O)c2ccc(Cl)cc2F)C1. The first-order chi connectivity index (χ1) is 9.76. The van der Waals surface area contributed by atoms with Crippen molar-refractivity contribution >= 4 is 27.5 Å². The third kappa shape index (κ3) is 4.39. The van der Waals surface area contributed by atoms with E-state index in [0.717, 1.165) is 12.3 Å². The predicted octanol–water partition coefficient (Wildman–Crippen LogP) is 1.63. The number of likely N-dealkylation sites (tertiary alicyclic amines) is 1. The molecule has 1 saturated heterocycles. The summed E-state index contributed by atoms with van der Waals surface area (Å²) in [5.41, 5.74) is -0.0561. The molecule has 1 atom stereocenters. The van der Waals surface area contributed by atoms with Gasteiger partial charge in [-0.3, -0.25) is 4.79 Å². The van der Waals surface area contributed by atoms with Crippen molar-refractivity contribution in [3.8, 4) is 0 Å². The standard InChI is InChI=1S/C13H16ClFN2O3S/c1-21(19,20)16-10-3-2-6-17(8-10)13(18)11-5-4-9(14)7-12(11)15/h4-5,7,10,16H,2-3,6,8H2,1H3/t10-/m0/s1. The summed E-state index contributed by atoms with van der Waals surface area (Å²) < 4.78 is 38.8. The van der Waals surface area contributed by atoms with Crippen LogP contribution in [0.1, 0.15) is 23.2 Å². The molecule has 2 rings (SSSR count). The van der Waals surface area contributed by atoms with Crippen LogP contribution in [0.25, 0.3) is 0 Å². The Labute approximate surface area is 128 Å². The Morgan fingerprint density at radius 3 is 2.81 bits per heavy atom. The zero-order valence-electron chi connectivity index (χ0n) is 11.5. The number of amides is 1. The lowest BCUT2D eigenvalue weighted by Crippen LogP contribution is -2.49. The van der Waals surface area contributed by atoms with Crippen molar-refractivity contribution in [3.05, 3.63) is 34.6 Å². The molecule has 0 radical (unpaired) electrons. The summed E-state index contributed by atoms with van der Waals surface area (Å²) in [6.07, 6.45) is 2.39. The second kappa shape index (κ2) is 6.29. The van der Waals surface area contributed by atoms with Gasteiger partial charge in [-0.2, -0.15) is 0 Å². The molecular weight excluding hydrogens is 319 g/mol. The maximum absolute atomic E-state index is 13.8. The van der Waals surface area contributed by atoms with Gasteiger partial charge >= 0.3 is 0 Å². The molecule has 21 heavy (non-hydrogen) atoms. The second-order valence-corrected chi connectivity index (χ2v) is 7.32. The number of sulfonamides is 1. The van der Waals surface area contributed by atoms with Crippen LogP contribution < -0.4 is 4.72 Å². The number of benzene rings is 1. The molecule has 0 aliphatic carbocycles. The molecule has 5 nitrogen and oxygen atoms in total. The summed E-state index contributed by atoms with van der Waals surface area (Å²) in [6, 6.07) is 3.54. The van der Waals surface area contributed by atoms with Crippen LogP contribution in [0.15, 0.2) is 18.2 Å². The Balaban J connectivity index is 2.12. The fourth-order valence-corrected chi connectivity index (χ4v) is 3.35. The van der Waals surface area contributed by atoms with Crippen molar-refractivity contribution in [2.45, 2.75) is 18.9 Å². The molecule has 116 valence electrons. The number of piperidine rings is 1. The third-order valence-electron chi connectivity index (χ3n) is 3.25. The van der Waals surface area contributed by atoms with Gasteiger partial charge in [0.05, 0.1) is 11.8 Å². The van der Waals surface area contributed by atoms with Crippen molar-refractivity contribution in [1.29, 1.82) is 0 Å². The predicted molar refractivity (Wildman–Crippen MR) is 78.3 cm³/mol. The van der Waals surface area contributed by atoms with E-state index in [1.807, 2.05) is 0 Å². The van der Waals surface area contributed by atoms with Gasteiger partial charge in [0, 0.05) is 24.2 Å². The lowest BCUT2D eigenvalue weighted by atomic mass is 10.1. The van der Waals surface area contributed by atoms with Crippen molar-refractivity contribution < 1.29 is 17.6 Å². The molecule has 1 N–H and O–H groups in total. The van der Waals surface area contributed by atoms with E-state index in [2.05, 4.69) is 4.72 Å². The molecule has 1 amide bonds. The van der Waals surface area contributed by atoms with Gasteiger partial charge < -0.3 is 4.90 Å². The maximum atomic E-state index is 13.8. The smallest absolute Gasteiger partial charge is 0.256 e. The summed E-state index contributed by atoms with van der Waals surface area (Å²) in [5, 5.41) is 0.222. The number of carbonyl (C=O) groups excluding carboxylic acids is 1. The van der Waals surface area contributed by atoms with E-state index in [4.69, 9.17) is 11.6 Å². The molecule has 0 aromatic heterocycles. The first-order valence-corrected chi connectivity index (χ1v) is 8.75. The van der Waals surface area contributed by atoms with Gasteiger partial charge in [-0.1, -0.05) is 11.6 Å². The van der Waals surface area contributed by atoms with Crippen LogP contribution in [0.5, 0.6) is 0 Å². The molecule has 0 saturated carbocycles. The van der Waals surface area contributed by atoms with E-state index in [1.165, 1.54) is 17.0 Å². The highest BCUT2D eigenvalue weighted by Gasteiger charge is 2.27. The van der Waals surface area contributed by atoms with Crippen LogP contribution in [-0.2, 0) is 10.0 Å². The number of rotatable bonds is 3. The minimum Gasteiger partial charge on any atom is -0.337 e. The molecule has 1 heterocycles. The molecular formula is C13H16ClFN2O3S. The number of hydrogen-bond acceptors (Lipinski definition) is 3. The monoisotopic (exact) mass is 334 g/mol. The molecule has 1 aromatic carbocycles. The Morgan fingerprint density at radius 1 is 1.48 bits per heavy atom. The van der Waals surface area contributed by atoms with Gasteiger partial charge in [-0.05, 0) is 31.0 Å². The average Bonchev–Trinajstić information content (AvgIpc) is 2.36. The first kappa shape index (κ1) is 16.2. The molecule has 1 aliphatic rings. The zero-order chi connectivity index (χ0) is 15.6. The Hall–Kier alpha value is -1.18. The lowest BCUT2D eigenvalue weighted by Gasteiger charge is -2.32. The van der Waals surface area contributed by atoms with E-state index in [-0.39, 0.29) is 23.2 Å². The number of nitrogens with one attached hydrogen (secondary N) is 1. The van der Waals surface area contributed by atoms with Gasteiger partial charge in [0.2, 0.25) is 10.0 Å². The number of nitrogens with zero attached hydrogens (tertiary/aromatic N) is 1. The summed E-state index contributed by atoms with van der Waals surface area (Å²) in [4.78, 5) is 13.8. The number of carbonyl (C=O) groups is 1. The van der Waals surface area contributed by atoms with Gasteiger partial charge in [0.1, 0.15) is 5.82 Å². The summed E-state index contributed by atoms with van der Waals surface area (Å²) in [5.74, 6) is -1.13. The molecule has 0 unspecified atom stereocenters. The quantitative estimate of drug-likeness (QED) is 0.913. The summed E-state index contributed by atoms with van der Waals surface area (Å²) >= 11 is 5.66. The normalized spacial score (nSPS) is 19.6. The van der Waals surface area contributed by atoms with Crippen LogP contribution in [0.2, 0.25) is 5.02 Å². The van der Waals surface area contributed by atoms with Gasteiger partial charge in [-0.15, -0.1) is 0 Å². The highest BCUT2D eigenvalue weighted by atomic mass is 35.5. The van der Waals surface area contributed by atoms with E-state index >= 15 is 0 Å². The molecule has 1 fully saturated rings. The Bertz CT molecular complexity index is 651. The van der Waals surface area contributed by atoms with Gasteiger partial charge in [0.15, 0.2) is 0 Å². The molecule has 1 aromatic rings. The average molecular weight is 335 g/mol. The number of hydrogen-bond donors (Lipinski definition) is 1. The first-order valence-electron chi connectivity index (χ1n) is 6.48. The minimum absolute atomic E-state index is 0.0561. The van der Waals surface area contributed by atoms with Gasteiger partial charge in [-0.25, -0.2) is 17.5 Å². The van der Waals surface area contributed by atoms with Crippen molar-refractivity contribution in [2.75, 3.05) is 19.3 Å². The van der Waals surface area contributed by atoms with Crippen LogP contribution in [0.4, 0.5) is 4.39 Å². The zero-order valence-corrected chi connectivity index (χ0v) is 13.0. The summed E-state index contributed by atoms with van der Waals surface area (Å²) in [6.45, 7) is 0.705. The summed E-state index contributed by atoms with van der Waals surface area (Å²) in [7, 11) is -3.33. The van der Waals surface area contributed by atoms with Crippen molar-refractivity contribution in [1.82, 2.24) is 9.62 Å². The van der Waals surface area contributed by atoms with Crippen molar-refractivity contribution in [3.63, 3.8) is 0 Å². The fraction of sp³-hybridized carbons (Fsp3) is 0.462. The highest BCUT2D eigenvalue weighted by molar-refractivity contribution is 7.88. The van der Waals surface area contributed by atoms with Crippen LogP contribution in [0, 0.1) is 5.82 Å². The molecule has 1 aliphatic heterocycles. The minimum atomic E-state index is -3.33. The van der Waals surface area contributed by atoms with Crippen LogP contribution >= 0.6 is 11.6 Å². The maximum Gasteiger partial charge on any atom is 0.256 e. The third-order valence-corrected chi connectivity index (χ3v) is 4.25. The highest BCUT2D eigenvalue weighted by Crippen LogP contribution is 2.19.